The highest BCUT2D eigenvalue weighted by atomic mass is 16.5. The van der Waals surface area contributed by atoms with Crippen molar-refractivity contribution >= 4 is 5.97 Å². The summed E-state index contributed by atoms with van der Waals surface area (Å²) in [6.45, 7) is 5.31. The van der Waals surface area contributed by atoms with Crippen molar-refractivity contribution in [2.24, 2.45) is 0 Å². The number of fused-ring (bicyclic) bond motifs is 1. The SMILES string of the molecule is C=CC(=O)Oc1c(C)cc2cccccc1-2. The summed E-state index contributed by atoms with van der Waals surface area (Å²) in [6.07, 6.45) is 1.17. The lowest BCUT2D eigenvalue weighted by molar-refractivity contribution is -0.128. The Morgan fingerprint density at radius 3 is 2.81 bits per heavy atom. The fourth-order valence-electron chi connectivity index (χ4n) is 1.68. The predicted octanol–water partition coefficient (Wildman–Crippen LogP) is 3.19. The van der Waals surface area contributed by atoms with E-state index in [0.29, 0.717) is 5.75 Å². The molecule has 0 aliphatic heterocycles. The summed E-state index contributed by atoms with van der Waals surface area (Å²) in [6, 6.07) is 11.8. The zero-order chi connectivity index (χ0) is 11.5. The van der Waals surface area contributed by atoms with Crippen molar-refractivity contribution in [2.45, 2.75) is 6.92 Å². The summed E-state index contributed by atoms with van der Waals surface area (Å²) in [5.41, 5.74) is 2.96. The van der Waals surface area contributed by atoms with Crippen LogP contribution < -0.4 is 4.74 Å². The molecule has 2 rings (SSSR count). The van der Waals surface area contributed by atoms with Crippen molar-refractivity contribution in [3.05, 3.63) is 54.6 Å². The van der Waals surface area contributed by atoms with Gasteiger partial charge >= 0.3 is 5.97 Å². The topological polar surface area (TPSA) is 26.3 Å². The van der Waals surface area contributed by atoms with E-state index in [4.69, 9.17) is 4.74 Å². The van der Waals surface area contributed by atoms with Gasteiger partial charge in [0.05, 0.1) is 0 Å². The number of ether oxygens (including phenoxy) is 1. The normalized spacial score (nSPS) is 10.1. The van der Waals surface area contributed by atoms with E-state index in [-0.39, 0.29) is 0 Å². The second-order valence-electron chi connectivity index (χ2n) is 3.56. The smallest absolute Gasteiger partial charge is 0.335 e. The predicted molar refractivity (Wildman–Crippen MR) is 63.6 cm³/mol. The molecule has 0 saturated heterocycles. The summed E-state index contributed by atoms with van der Waals surface area (Å²) >= 11 is 0. The van der Waals surface area contributed by atoms with E-state index >= 15 is 0 Å². The van der Waals surface area contributed by atoms with Gasteiger partial charge in [-0.1, -0.05) is 36.9 Å². The molecule has 0 bridgehead atoms. The van der Waals surface area contributed by atoms with Crippen LogP contribution in [0.2, 0.25) is 0 Å². The quantitative estimate of drug-likeness (QED) is 0.564. The number of hydrogen-bond acceptors (Lipinski definition) is 2. The molecule has 16 heavy (non-hydrogen) atoms. The van der Waals surface area contributed by atoms with Crippen LogP contribution in [0.5, 0.6) is 5.75 Å². The van der Waals surface area contributed by atoms with Crippen LogP contribution in [0.15, 0.2) is 49.1 Å². The molecule has 2 heteroatoms. The highest BCUT2D eigenvalue weighted by molar-refractivity contribution is 5.87. The molecule has 0 fully saturated rings. The molecule has 0 aromatic carbocycles. The minimum absolute atomic E-state index is 0.429. The lowest BCUT2D eigenvalue weighted by Crippen LogP contribution is -2.03. The van der Waals surface area contributed by atoms with Crippen molar-refractivity contribution in [3.63, 3.8) is 0 Å². The van der Waals surface area contributed by atoms with Gasteiger partial charge in [0.2, 0.25) is 0 Å². The molecule has 2 aliphatic rings. The molecule has 0 spiro atoms. The first-order chi connectivity index (χ1) is 7.72. The summed E-state index contributed by atoms with van der Waals surface area (Å²) in [5.74, 6) is 0.193. The first kappa shape index (κ1) is 10.4. The maximum Gasteiger partial charge on any atom is 0.335 e. The van der Waals surface area contributed by atoms with Crippen LogP contribution in [0.4, 0.5) is 0 Å². The minimum Gasteiger partial charge on any atom is -0.422 e. The van der Waals surface area contributed by atoms with Crippen LogP contribution >= 0.6 is 0 Å². The average molecular weight is 212 g/mol. The second kappa shape index (κ2) is 4.19. The van der Waals surface area contributed by atoms with Crippen LogP contribution in [-0.4, -0.2) is 5.97 Å². The first-order valence-corrected chi connectivity index (χ1v) is 5.05. The Balaban J connectivity index is 2.51. The average Bonchev–Trinajstić information content (AvgIpc) is 2.46. The van der Waals surface area contributed by atoms with Crippen LogP contribution in [0.25, 0.3) is 11.1 Å². The van der Waals surface area contributed by atoms with Gasteiger partial charge < -0.3 is 4.74 Å². The third kappa shape index (κ3) is 1.82. The maximum atomic E-state index is 11.2. The zero-order valence-electron chi connectivity index (χ0n) is 9.07. The number of carbonyl (C=O) groups is 1. The third-order valence-corrected chi connectivity index (χ3v) is 2.42. The minimum atomic E-state index is -0.429. The molecule has 0 atom stereocenters. The van der Waals surface area contributed by atoms with Crippen molar-refractivity contribution in [2.75, 3.05) is 0 Å². The molecule has 0 saturated carbocycles. The van der Waals surface area contributed by atoms with Gasteiger partial charge in [0.1, 0.15) is 5.75 Å². The zero-order valence-corrected chi connectivity index (χ0v) is 9.07. The van der Waals surface area contributed by atoms with Gasteiger partial charge in [-0.05, 0) is 24.1 Å². The number of rotatable bonds is 2. The third-order valence-electron chi connectivity index (χ3n) is 2.42. The van der Waals surface area contributed by atoms with E-state index < -0.39 is 5.97 Å². The van der Waals surface area contributed by atoms with Gasteiger partial charge in [0, 0.05) is 11.6 Å². The molecular formula is C14H12O2. The van der Waals surface area contributed by atoms with E-state index in [1.54, 1.807) is 0 Å². The molecule has 0 amide bonds. The lowest BCUT2D eigenvalue weighted by atomic mass is 10.2. The number of carbonyl (C=O) groups excluding carboxylic acids is 1. The van der Waals surface area contributed by atoms with E-state index in [0.717, 1.165) is 16.7 Å². The number of aryl methyl sites for hydroxylation is 1. The Morgan fingerprint density at radius 1 is 1.31 bits per heavy atom. The van der Waals surface area contributed by atoms with Gasteiger partial charge in [-0.2, -0.15) is 0 Å². The number of hydrogen-bond donors (Lipinski definition) is 0. The first-order valence-electron chi connectivity index (χ1n) is 5.05. The summed E-state index contributed by atoms with van der Waals surface area (Å²) in [4.78, 5) is 11.2. The van der Waals surface area contributed by atoms with Gasteiger partial charge in [-0.15, -0.1) is 0 Å². The molecule has 2 nitrogen and oxygen atoms in total. The van der Waals surface area contributed by atoms with Crippen molar-refractivity contribution in [3.8, 4) is 16.9 Å². The Bertz CT molecular complexity index is 514. The van der Waals surface area contributed by atoms with E-state index in [2.05, 4.69) is 6.58 Å². The van der Waals surface area contributed by atoms with E-state index in [1.165, 1.54) is 6.08 Å². The van der Waals surface area contributed by atoms with Crippen LogP contribution in [0.3, 0.4) is 0 Å². The van der Waals surface area contributed by atoms with Crippen molar-refractivity contribution in [1.29, 1.82) is 0 Å². The van der Waals surface area contributed by atoms with E-state index in [9.17, 15) is 4.79 Å². The summed E-state index contributed by atoms with van der Waals surface area (Å²) in [5, 5.41) is 0. The Morgan fingerprint density at radius 2 is 2.06 bits per heavy atom. The Labute approximate surface area is 94.5 Å². The standard InChI is InChI=1S/C14H12O2/c1-3-13(15)16-14-10(2)9-11-7-5-4-6-8-12(11)14/h3-9H,1H2,2H3. The monoisotopic (exact) mass is 212 g/mol. The fraction of sp³-hybridized carbons (Fsp3) is 0.0714. The Hall–Kier alpha value is -2.09. The fourth-order valence-corrected chi connectivity index (χ4v) is 1.68. The van der Waals surface area contributed by atoms with Crippen LogP contribution in [0, 0.1) is 6.92 Å². The highest BCUT2D eigenvalue weighted by Crippen LogP contribution is 2.37. The molecule has 0 aromatic rings. The summed E-state index contributed by atoms with van der Waals surface area (Å²) in [7, 11) is 0. The van der Waals surface area contributed by atoms with Crippen LogP contribution in [0.1, 0.15) is 5.56 Å². The van der Waals surface area contributed by atoms with Gasteiger partial charge in [-0.25, -0.2) is 4.79 Å². The maximum absolute atomic E-state index is 11.2. The highest BCUT2D eigenvalue weighted by Gasteiger charge is 2.15. The molecule has 0 unspecified atom stereocenters. The van der Waals surface area contributed by atoms with Gasteiger partial charge in [0.25, 0.3) is 0 Å². The molecule has 0 N–H and O–H groups in total. The summed E-state index contributed by atoms with van der Waals surface area (Å²) < 4.78 is 5.23. The Kier molecular flexibility index (Phi) is 2.73. The number of esters is 1. The molecule has 0 aromatic heterocycles. The van der Waals surface area contributed by atoms with Gasteiger partial charge in [-0.3, -0.25) is 0 Å². The van der Waals surface area contributed by atoms with Crippen LogP contribution in [-0.2, 0) is 4.79 Å². The lowest BCUT2D eigenvalue weighted by Gasteiger charge is -2.02. The largest absolute Gasteiger partial charge is 0.422 e. The van der Waals surface area contributed by atoms with Gasteiger partial charge in [0.15, 0.2) is 0 Å². The van der Waals surface area contributed by atoms with Crippen molar-refractivity contribution in [1.82, 2.24) is 0 Å². The molecule has 80 valence electrons. The molecular weight excluding hydrogens is 200 g/mol. The molecule has 0 heterocycles. The molecule has 2 aliphatic carbocycles. The van der Waals surface area contributed by atoms with Crippen molar-refractivity contribution < 1.29 is 9.53 Å². The molecule has 0 radical (unpaired) electrons. The van der Waals surface area contributed by atoms with E-state index in [1.807, 2.05) is 43.3 Å². The second-order valence-corrected chi connectivity index (χ2v) is 3.56.